The van der Waals surface area contributed by atoms with E-state index in [1.807, 2.05) is 63.2 Å². The van der Waals surface area contributed by atoms with Crippen LogP contribution in [-0.4, -0.2) is 43.6 Å². The highest BCUT2D eigenvalue weighted by Gasteiger charge is 2.52. The molecule has 5 rings (SSSR count). The van der Waals surface area contributed by atoms with E-state index in [1.165, 1.54) is 22.5 Å². The van der Waals surface area contributed by atoms with Crippen LogP contribution in [0.25, 0.3) is 0 Å². The van der Waals surface area contributed by atoms with Gasteiger partial charge in [0, 0.05) is 25.1 Å². The largest absolute Gasteiger partial charge is 0.486 e. The summed E-state index contributed by atoms with van der Waals surface area (Å²) in [7, 11) is -2.90. The number of benzene rings is 4. The van der Waals surface area contributed by atoms with E-state index in [9.17, 15) is 18.0 Å². The summed E-state index contributed by atoms with van der Waals surface area (Å²) in [5.74, 6) is 0.312. The zero-order chi connectivity index (χ0) is 36.2. The van der Waals surface area contributed by atoms with Crippen molar-refractivity contribution < 1.29 is 31.9 Å². The average molecular weight is 704 g/mol. The molecule has 1 fully saturated rings. The molecule has 0 N–H and O–H groups in total. The van der Waals surface area contributed by atoms with Crippen molar-refractivity contribution in [3.8, 4) is 5.75 Å². The molecule has 0 bridgehead atoms. The first-order valence-electron chi connectivity index (χ1n) is 17.2. The summed E-state index contributed by atoms with van der Waals surface area (Å²) in [5, 5.41) is 2.13. The van der Waals surface area contributed by atoms with Crippen molar-refractivity contribution in [1.29, 1.82) is 0 Å². The number of carbonyl (C=O) groups is 1. The predicted octanol–water partition coefficient (Wildman–Crippen LogP) is 9.56. The van der Waals surface area contributed by atoms with E-state index < -0.39 is 37.9 Å². The van der Waals surface area contributed by atoms with Crippen molar-refractivity contribution in [2.45, 2.75) is 95.9 Å². The second-order valence-electron chi connectivity index (χ2n) is 15.0. The van der Waals surface area contributed by atoms with Crippen LogP contribution in [0.1, 0.15) is 78.0 Å². The van der Waals surface area contributed by atoms with Gasteiger partial charge in [0.2, 0.25) is 0 Å². The Kier molecular flexibility index (Phi) is 11.2. The van der Waals surface area contributed by atoms with Gasteiger partial charge in [0.15, 0.2) is 0 Å². The first-order chi connectivity index (χ1) is 23.6. The Morgan fingerprint density at radius 3 is 1.78 bits per heavy atom. The molecule has 4 aromatic rings. The Morgan fingerprint density at radius 1 is 0.780 bits per heavy atom. The molecule has 0 spiro atoms. The normalized spacial score (nSPS) is 18.0. The lowest BCUT2D eigenvalue weighted by Gasteiger charge is -2.48. The molecule has 0 radical (unpaired) electrons. The summed E-state index contributed by atoms with van der Waals surface area (Å²) in [5.41, 5.74) is -0.584. The molecule has 1 amide bonds. The van der Waals surface area contributed by atoms with E-state index in [1.54, 1.807) is 4.90 Å². The molecule has 4 aromatic carbocycles. The molecule has 0 unspecified atom stereocenters. The minimum atomic E-state index is -4.45. The third-order valence-corrected chi connectivity index (χ3v) is 14.3. The maximum absolute atomic E-state index is 13.8. The molecule has 50 heavy (non-hydrogen) atoms. The van der Waals surface area contributed by atoms with Crippen molar-refractivity contribution in [2.75, 3.05) is 6.54 Å². The van der Waals surface area contributed by atoms with Crippen LogP contribution in [0.4, 0.5) is 18.0 Å². The standard InChI is InChI=1S/C41H48F3NO4Si/c1-39(2,3)48-38(46)45-27-26-34(49-50(40(4,5)6,35-18-12-8-13-19-35)36-20-14-9-15-21-36)28-32(45)29-37(30-16-10-7-11-17-30)47-33-24-22-31(23-25-33)41(42,43)44/h7-25,32,34,37H,26-29H2,1-6H3/t32-,34+,37-/m1/s1. The average Bonchev–Trinajstić information content (AvgIpc) is 3.06. The summed E-state index contributed by atoms with van der Waals surface area (Å²) >= 11 is 0. The Morgan fingerprint density at radius 2 is 1.30 bits per heavy atom. The number of ether oxygens (including phenoxy) is 2. The van der Waals surface area contributed by atoms with Crippen molar-refractivity contribution >= 4 is 24.8 Å². The SMILES string of the molecule is CC(C)(C)OC(=O)N1CC[C@H](O[Si](c2ccccc2)(c2ccccc2)C(C)(C)C)C[C@@H]1C[C@@H](Oc1ccc(C(F)(F)F)cc1)c1ccccc1. The van der Waals surface area contributed by atoms with Gasteiger partial charge in [-0.15, -0.1) is 0 Å². The number of nitrogens with zero attached hydrogens (tertiary/aromatic N) is 1. The van der Waals surface area contributed by atoms with E-state index in [4.69, 9.17) is 13.9 Å². The second kappa shape index (κ2) is 15.0. The third kappa shape index (κ3) is 8.79. The molecule has 1 aliphatic heterocycles. The van der Waals surface area contributed by atoms with Gasteiger partial charge < -0.3 is 18.8 Å². The van der Waals surface area contributed by atoms with E-state index in [-0.39, 0.29) is 17.2 Å². The van der Waals surface area contributed by atoms with Crippen LogP contribution in [0.2, 0.25) is 5.04 Å². The van der Waals surface area contributed by atoms with Gasteiger partial charge in [-0.2, -0.15) is 13.2 Å². The van der Waals surface area contributed by atoms with Gasteiger partial charge in [0.25, 0.3) is 8.32 Å². The van der Waals surface area contributed by atoms with Crippen LogP contribution in [0.3, 0.4) is 0 Å². The quantitative estimate of drug-likeness (QED) is 0.163. The van der Waals surface area contributed by atoms with Gasteiger partial charge in [0.1, 0.15) is 17.5 Å². The highest BCUT2D eigenvalue weighted by atomic mass is 28.4. The number of halogens is 3. The van der Waals surface area contributed by atoms with Crippen LogP contribution in [0.15, 0.2) is 115 Å². The molecular formula is C41H48F3NO4Si. The van der Waals surface area contributed by atoms with Crippen LogP contribution in [0, 0.1) is 0 Å². The van der Waals surface area contributed by atoms with Crippen LogP contribution >= 0.6 is 0 Å². The second-order valence-corrected chi connectivity index (χ2v) is 19.3. The fourth-order valence-corrected chi connectivity index (χ4v) is 11.6. The van der Waals surface area contributed by atoms with Crippen molar-refractivity contribution in [1.82, 2.24) is 4.90 Å². The smallest absolute Gasteiger partial charge is 0.416 e. The first kappa shape index (κ1) is 37.2. The van der Waals surface area contributed by atoms with Crippen molar-refractivity contribution in [3.05, 3.63) is 126 Å². The molecule has 5 nitrogen and oxygen atoms in total. The lowest BCUT2D eigenvalue weighted by molar-refractivity contribution is -0.137. The van der Waals surface area contributed by atoms with Crippen LogP contribution in [0.5, 0.6) is 5.75 Å². The third-order valence-electron chi connectivity index (χ3n) is 9.17. The summed E-state index contributed by atoms with van der Waals surface area (Å²) in [6, 6.07) is 34.9. The number of carbonyl (C=O) groups excluding carboxylic acids is 1. The summed E-state index contributed by atoms with van der Waals surface area (Å²) in [4.78, 5) is 15.5. The highest BCUT2D eigenvalue weighted by molar-refractivity contribution is 6.99. The molecule has 0 saturated carbocycles. The number of hydrogen-bond acceptors (Lipinski definition) is 4. The molecule has 3 atom stereocenters. The molecule has 1 aliphatic rings. The van der Waals surface area contributed by atoms with E-state index in [2.05, 4.69) is 69.3 Å². The van der Waals surface area contributed by atoms with Gasteiger partial charge in [-0.3, -0.25) is 0 Å². The number of piperidine rings is 1. The number of amides is 1. The maximum atomic E-state index is 13.8. The Hall–Kier alpha value is -4.08. The molecule has 266 valence electrons. The fourth-order valence-electron chi connectivity index (χ4n) is 6.90. The lowest BCUT2D eigenvalue weighted by atomic mass is 9.92. The molecule has 0 aromatic heterocycles. The van der Waals surface area contributed by atoms with E-state index in [0.717, 1.165) is 17.7 Å². The van der Waals surface area contributed by atoms with E-state index >= 15 is 0 Å². The molecule has 0 aliphatic carbocycles. The van der Waals surface area contributed by atoms with Gasteiger partial charge in [-0.05, 0) is 78.9 Å². The van der Waals surface area contributed by atoms with Crippen LogP contribution < -0.4 is 15.1 Å². The monoisotopic (exact) mass is 703 g/mol. The summed E-state index contributed by atoms with van der Waals surface area (Å²) in [6.07, 6.45) is -4.08. The first-order valence-corrected chi connectivity index (χ1v) is 19.1. The number of rotatable bonds is 9. The summed E-state index contributed by atoms with van der Waals surface area (Å²) in [6.45, 7) is 12.7. The minimum absolute atomic E-state index is 0.188. The van der Waals surface area contributed by atoms with E-state index in [0.29, 0.717) is 31.6 Å². The fraction of sp³-hybridized carbons (Fsp3) is 0.390. The minimum Gasteiger partial charge on any atom is -0.486 e. The molecule has 1 heterocycles. The maximum Gasteiger partial charge on any atom is 0.416 e. The van der Waals surface area contributed by atoms with Crippen molar-refractivity contribution in [2.24, 2.45) is 0 Å². The Bertz CT molecular complexity index is 1630. The Labute approximate surface area is 295 Å². The molecule has 1 saturated heterocycles. The lowest BCUT2D eigenvalue weighted by Crippen LogP contribution is -2.68. The zero-order valence-corrected chi connectivity index (χ0v) is 30.7. The molecular weight excluding hydrogens is 656 g/mol. The number of alkyl halides is 3. The number of likely N-dealkylation sites (tertiary alicyclic amines) is 1. The molecule has 9 heteroatoms. The zero-order valence-electron chi connectivity index (χ0n) is 29.7. The van der Waals surface area contributed by atoms with Gasteiger partial charge in [-0.25, -0.2) is 4.79 Å². The topological polar surface area (TPSA) is 48.0 Å². The van der Waals surface area contributed by atoms with Gasteiger partial charge in [0.05, 0.1) is 5.56 Å². The van der Waals surface area contributed by atoms with Gasteiger partial charge in [-0.1, -0.05) is 112 Å². The number of hydrogen-bond donors (Lipinski definition) is 0. The Balaban J connectivity index is 1.52. The van der Waals surface area contributed by atoms with Gasteiger partial charge >= 0.3 is 12.3 Å². The van der Waals surface area contributed by atoms with Crippen molar-refractivity contribution in [3.63, 3.8) is 0 Å². The predicted molar refractivity (Wildman–Crippen MR) is 194 cm³/mol. The highest BCUT2D eigenvalue weighted by Crippen LogP contribution is 2.41. The summed E-state index contributed by atoms with van der Waals surface area (Å²) < 4.78 is 59.9. The van der Waals surface area contributed by atoms with Crippen LogP contribution in [-0.2, 0) is 15.3 Å².